The van der Waals surface area contributed by atoms with E-state index in [-0.39, 0.29) is 5.91 Å². The van der Waals surface area contributed by atoms with Gasteiger partial charge >= 0.3 is 5.76 Å². The molecule has 0 fully saturated rings. The first-order chi connectivity index (χ1) is 10.7. The highest BCUT2D eigenvalue weighted by atomic mass is 16.5. The van der Waals surface area contributed by atoms with Gasteiger partial charge in [0.25, 0.3) is 5.91 Å². The van der Waals surface area contributed by atoms with E-state index < -0.39 is 5.76 Å². The normalized spacial score (nSPS) is 10.8. The van der Waals surface area contributed by atoms with Gasteiger partial charge in [0.05, 0.1) is 12.1 Å². The second-order valence-corrected chi connectivity index (χ2v) is 4.81. The van der Waals surface area contributed by atoms with Gasteiger partial charge in [-0.25, -0.2) is 4.79 Å². The molecular weight excluding hydrogens is 284 g/mol. The quantitative estimate of drug-likeness (QED) is 0.775. The predicted molar refractivity (Wildman–Crippen MR) is 81.9 cm³/mol. The highest BCUT2D eigenvalue weighted by Crippen LogP contribution is 2.17. The predicted octanol–water partition coefficient (Wildman–Crippen LogP) is 2.52. The third-order valence-corrected chi connectivity index (χ3v) is 3.20. The molecule has 2 N–H and O–H groups in total. The Hall–Kier alpha value is -2.86. The highest BCUT2D eigenvalue weighted by molar-refractivity contribution is 6.04. The number of carbonyl (C=O) groups is 1. The molecular formula is C16H14N2O4. The largest absolute Gasteiger partial charge is 0.417 e. The monoisotopic (exact) mass is 298 g/mol. The first-order valence-electron chi connectivity index (χ1n) is 6.68. The Morgan fingerprint density at radius 1 is 1.23 bits per heavy atom. The van der Waals surface area contributed by atoms with Crippen molar-refractivity contribution in [3.8, 4) is 0 Å². The number of hydrogen-bond acceptors (Lipinski definition) is 4. The SMILES string of the molecule is COCc1ccc(C(=O)Nc2ccc3oc(=O)[nH]c3c2)cc1. The molecule has 112 valence electrons. The second-order valence-electron chi connectivity index (χ2n) is 4.81. The molecule has 0 aliphatic carbocycles. The molecule has 0 unspecified atom stereocenters. The summed E-state index contributed by atoms with van der Waals surface area (Å²) in [6.45, 7) is 0.506. The number of carbonyl (C=O) groups excluding carboxylic acids is 1. The molecule has 1 heterocycles. The molecule has 0 spiro atoms. The molecule has 0 aliphatic heterocycles. The summed E-state index contributed by atoms with van der Waals surface area (Å²) in [5.41, 5.74) is 3.11. The van der Waals surface area contributed by atoms with E-state index in [0.29, 0.717) is 29.0 Å². The second kappa shape index (κ2) is 5.87. The minimum absolute atomic E-state index is 0.228. The Morgan fingerprint density at radius 3 is 2.73 bits per heavy atom. The average Bonchev–Trinajstić information content (AvgIpc) is 2.87. The number of amides is 1. The molecule has 0 saturated carbocycles. The molecule has 22 heavy (non-hydrogen) atoms. The van der Waals surface area contributed by atoms with E-state index in [0.717, 1.165) is 5.56 Å². The molecule has 0 radical (unpaired) electrons. The van der Waals surface area contributed by atoms with Gasteiger partial charge in [-0.3, -0.25) is 9.78 Å². The van der Waals surface area contributed by atoms with Crippen LogP contribution in [-0.4, -0.2) is 18.0 Å². The van der Waals surface area contributed by atoms with Gasteiger partial charge in [-0.1, -0.05) is 12.1 Å². The summed E-state index contributed by atoms with van der Waals surface area (Å²) >= 11 is 0. The summed E-state index contributed by atoms with van der Waals surface area (Å²) in [5.74, 6) is -0.749. The number of hydrogen-bond donors (Lipinski definition) is 2. The van der Waals surface area contributed by atoms with Crippen LogP contribution in [0.1, 0.15) is 15.9 Å². The van der Waals surface area contributed by atoms with Crippen molar-refractivity contribution in [2.45, 2.75) is 6.61 Å². The van der Waals surface area contributed by atoms with Crippen LogP contribution in [0.15, 0.2) is 51.7 Å². The number of methoxy groups -OCH3 is 1. The first kappa shape index (κ1) is 14.1. The summed E-state index contributed by atoms with van der Waals surface area (Å²) in [6.07, 6.45) is 0. The topological polar surface area (TPSA) is 84.3 Å². The number of rotatable bonds is 4. The number of benzene rings is 2. The fourth-order valence-corrected chi connectivity index (χ4v) is 2.15. The summed E-state index contributed by atoms with van der Waals surface area (Å²) in [4.78, 5) is 25.8. The van der Waals surface area contributed by atoms with Gasteiger partial charge in [0, 0.05) is 18.4 Å². The van der Waals surface area contributed by atoms with E-state index in [2.05, 4.69) is 10.3 Å². The van der Waals surface area contributed by atoms with Crippen LogP contribution in [0.5, 0.6) is 0 Å². The number of H-pyrrole nitrogens is 1. The van der Waals surface area contributed by atoms with Crippen molar-refractivity contribution < 1.29 is 13.9 Å². The zero-order valence-electron chi connectivity index (χ0n) is 11.9. The van der Waals surface area contributed by atoms with Gasteiger partial charge in [-0.15, -0.1) is 0 Å². The Bertz CT molecular complexity index is 862. The van der Waals surface area contributed by atoms with Gasteiger partial charge in [0.2, 0.25) is 0 Å². The third-order valence-electron chi connectivity index (χ3n) is 3.20. The summed E-state index contributed by atoms with van der Waals surface area (Å²) < 4.78 is 9.94. The molecule has 2 aromatic carbocycles. The number of anilines is 1. The van der Waals surface area contributed by atoms with Gasteiger partial charge in [-0.2, -0.15) is 0 Å². The fraction of sp³-hybridized carbons (Fsp3) is 0.125. The van der Waals surface area contributed by atoms with Crippen molar-refractivity contribution in [2.75, 3.05) is 12.4 Å². The van der Waals surface area contributed by atoms with Crippen LogP contribution in [0, 0.1) is 0 Å². The van der Waals surface area contributed by atoms with Gasteiger partial charge in [0.15, 0.2) is 5.58 Å². The van der Waals surface area contributed by atoms with E-state index in [1.807, 2.05) is 12.1 Å². The molecule has 3 rings (SSSR count). The molecule has 1 aromatic heterocycles. The zero-order valence-corrected chi connectivity index (χ0v) is 11.9. The van der Waals surface area contributed by atoms with E-state index in [1.165, 1.54) is 0 Å². The molecule has 6 heteroatoms. The van der Waals surface area contributed by atoms with Crippen molar-refractivity contribution in [1.82, 2.24) is 4.98 Å². The van der Waals surface area contributed by atoms with Crippen LogP contribution in [0.4, 0.5) is 5.69 Å². The van der Waals surface area contributed by atoms with Gasteiger partial charge < -0.3 is 14.5 Å². The van der Waals surface area contributed by atoms with Crippen LogP contribution < -0.4 is 11.1 Å². The molecule has 6 nitrogen and oxygen atoms in total. The van der Waals surface area contributed by atoms with Crippen LogP contribution in [0.25, 0.3) is 11.1 Å². The van der Waals surface area contributed by atoms with Crippen molar-refractivity contribution in [3.05, 3.63) is 64.1 Å². The lowest BCUT2D eigenvalue weighted by molar-refractivity contribution is 0.102. The lowest BCUT2D eigenvalue weighted by atomic mass is 10.1. The Morgan fingerprint density at radius 2 is 2.00 bits per heavy atom. The molecule has 0 bridgehead atoms. The molecule has 0 aliphatic rings. The van der Waals surface area contributed by atoms with Crippen LogP contribution in [0.2, 0.25) is 0 Å². The van der Waals surface area contributed by atoms with Crippen LogP contribution in [-0.2, 0) is 11.3 Å². The van der Waals surface area contributed by atoms with Crippen LogP contribution in [0.3, 0.4) is 0 Å². The smallest absolute Gasteiger partial charge is 0.408 e. The molecule has 3 aromatic rings. The standard InChI is InChI=1S/C16H14N2O4/c1-21-9-10-2-4-11(5-3-10)15(19)17-12-6-7-14-13(8-12)18-16(20)22-14/h2-8H,9H2,1H3,(H,17,19)(H,18,20). The van der Waals surface area contributed by atoms with Gasteiger partial charge in [-0.05, 0) is 35.9 Å². The Labute approximate surface area is 125 Å². The average molecular weight is 298 g/mol. The number of fused-ring (bicyclic) bond motifs is 1. The van der Waals surface area contributed by atoms with E-state index in [4.69, 9.17) is 9.15 Å². The fourth-order valence-electron chi connectivity index (χ4n) is 2.15. The Kier molecular flexibility index (Phi) is 3.76. The van der Waals surface area contributed by atoms with E-state index >= 15 is 0 Å². The van der Waals surface area contributed by atoms with Crippen molar-refractivity contribution >= 4 is 22.7 Å². The summed E-state index contributed by atoms with van der Waals surface area (Å²) in [5, 5.41) is 2.78. The highest BCUT2D eigenvalue weighted by Gasteiger charge is 2.08. The molecule has 1 amide bonds. The summed E-state index contributed by atoms with van der Waals surface area (Å²) in [7, 11) is 1.62. The van der Waals surface area contributed by atoms with E-state index in [9.17, 15) is 9.59 Å². The minimum atomic E-state index is -0.521. The number of nitrogens with one attached hydrogen (secondary N) is 2. The van der Waals surface area contributed by atoms with Crippen molar-refractivity contribution in [3.63, 3.8) is 0 Å². The Balaban J connectivity index is 1.78. The maximum atomic E-state index is 12.2. The maximum Gasteiger partial charge on any atom is 0.417 e. The number of oxazole rings is 1. The van der Waals surface area contributed by atoms with Gasteiger partial charge in [0.1, 0.15) is 0 Å². The number of aromatic amines is 1. The lowest BCUT2D eigenvalue weighted by Gasteiger charge is -2.06. The number of aromatic nitrogens is 1. The summed E-state index contributed by atoms with van der Waals surface area (Å²) in [6, 6.07) is 12.1. The zero-order chi connectivity index (χ0) is 15.5. The minimum Gasteiger partial charge on any atom is -0.408 e. The van der Waals surface area contributed by atoms with Crippen molar-refractivity contribution in [1.29, 1.82) is 0 Å². The van der Waals surface area contributed by atoms with Crippen molar-refractivity contribution in [2.24, 2.45) is 0 Å². The third kappa shape index (κ3) is 2.91. The molecule has 0 atom stereocenters. The lowest BCUT2D eigenvalue weighted by Crippen LogP contribution is -2.11. The first-order valence-corrected chi connectivity index (χ1v) is 6.68. The van der Waals surface area contributed by atoms with Crippen LogP contribution >= 0.6 is 0 Å². The molecule has 0 saturated heterocycles. The van der Waals surface area contributed by atoms with E-state index in [1.54, 1.807) is 37.4 Å². The maximum absolute atomic E-state index is 12.2. The number of ether oxygens (including phenoxy) is 1.